The molecule has 0 saturated heterocycles. The summed E-state index contributed by atoms with van der Waals surface area (Å²) in [6, 6.07) is 4.19. The van der Waals surface area contributed by atoms with E-state index in [0.717, 1.165) is 31.0 Å². The van der Waals surface area contributed by atoms with E-state index in [9.17, 15) is 14.5 Å². The van der Waals surface area contributed by atoms with Crippen LogP contribution >= 0.6 is 0 Å². The molecule has 5 heteroatoms. The van der Waals surface area contributed by atoms with Gasteiger partial charge in [0.15, 0.2) is 0 Å². The molecule has 0 amide bonds. The molecule has 0 aromatic heterocycles. The van der Waals surface area contributed by atoms with E-state index in [1.807, 2.05) is 0 Å². The van der Waals surface area contributed by atoms with Crippen molar-refractivity contribution in [2.75, 3.05) is 13.1 Å². The highest BCUT2D eigenvalue weighted by molar-refractivity contribution is 5.34. The summed E-state index contributed by atoms with van der Waals surface area (Å²) in [5.74, 6) is 0.0415. The van der Waals surface area contributed by atoms with E-state index in [-0.39, 0.29) is 0 Å². The van der Waals surface area contributed by atoms with Crippen molar-refractivity contribution in [2.24, 2.45) is 5.92 Å². The molecule has 0 atom stereocenters. The fraction of sp³-hybridized carbons (Fsp3) is 0.571. The third-order valence-electron chi connectivity index (χ3n) is 3.37. The van der Waals surface area contributed by atoms with Crippen LogP contribution in [0.15, 0.2) is 18.2 Å². The quantitative estimate of drug-likeness (QED) is 0.561. The standard InChI is InChI=1S/C14H19FN2O2/c1-2-7-16(9-11-3-4-11)10-12-5-6-14(17(18)19)13(15)8-12/h5-6,8,11H,2-4,7,9-10H2,1H3. The second kappa shape index (κ2) is 6.10. The first-order valence-corrected chi connectivity index (χ1v) is 6.75. The first-order valence-electron chi connectivity index (χ1n) is 6.75. The Bertz CT molecular complexity index is 461. The number of nitro benzene ring substituents is 1. The summed E-state index contributed by atoms with van der Waals surface area (Å²) in [6.07, 6.45) is 3.63. The highest BCUT2D eigenvalue weighted by Gasteiger charge is 2.24. The lowest BCUT2D eigenvalue weighted by Crippen LogP contribution is -2.26. The summed E-state index contributed by atoms with van der Waals surface area (Å²) in [5, 5.41) is 10.6. The summed E-state index contributed by atoms with van der Waals surface area (Å²) in [5.41, 5.74) is 0.352. The maximum atomic E-state index is 13.6. The van der Waals surface area contributed by atoms with Crippen LogP contribution in [0.2, 0.25) is 0 Å². The lowest BCUT2D eigenvalue weighted by molar-refractivity contribution is -0.387. The first-order chi connectivity index (χ1) is 9.10. The van der Waals surface area contributed by atoms with Crippen LogP contribution in [-0.4, -0.2) is 22.9 Å². The third-order valence-corrected chi connectivity index (χ3v) is 3.37. The van der Waals surface area contributed by atoms with Crippen LogP contribution < -0.4 is 0 Å². The van der Waals surface area contributed by atoms with Gasteiger partial charge < -0.3 is 0 Å². The van der Waals surface area contributed by atoms with Crippen LogP contribution in [0.4, 0.5) is 10.1 Å². The molecule has 104 valence electrons. The summed E-state index contributed by atoms with van der Waals surface area (Å²) in [7, 11) is 0. The summed E-state index contributed by atoms with van der Waals surface area (Å²) in [4.78, 5) is 12.2. The minimum Gasteiger partial charge on any atom is -0.299 e. The van der Waals surface area contributed by atoms with Crippen molar-refractivity contribution in [2.45, 2.75) is 32.7 Å². The van der Waals surface area contributed by atoms with E-state index in [1.165, 1.54) is 25.0 Å². The lowest BCUT2D eigenvalue weighted by atomic mass is 10.1. The SMILES string of the molecule is CCCN(Cc1ccc([N+](=O)[O-])c(F)c1)CC1CC1. The van der Waals surface area contributed by atoms with Crippen LogP contribution in [0.3, 0.4) is 0 Å². The van der Waals surface area contributed by atoms with Crippen molar-refractivity contribution in [3.8, 4) is 0 Å². The highest BCUT2D eigenvalue weighted by atomic mass is 19.1. The average Bonchev–Trinajstić information content (AvgIpc) is 3.12. The van der Waals surface area contributed by atoms with Gasteiger partial charge >= 0.3 is 5.69 Å². The average molecular weight is 266 g/mol. The molecule has 0 aliphatic heterocycles. The maximum absolute atomic E-state index is 13.6. The highest BCUT2D eigenvalue weighted by Crippen LogP contribution is 2.30. The van der Waals surface area contributed by atoms with Gasteiger partial charge in [0.05, 0.1) is 4.92 Å². The molecule has 1 aliphatic carbocycles. The van der Waals surface area contributed by atoms with Crippen molar-refractivity contribution in [3.63, 3.8) is 0 Å². The fourth-order valence-electron chi connectivity index (χ4n) is 2.27. The molecular weight excluding hydrogens is 247 g/mol. The molecular formula is C14H19FN2O2. The molecule has 1 aliphatic rings. The molecule has 0 N–H and O–H groups in total. The normalized spacial score (nSPS) is 14.9. The Kier molecular flexibility index (Phi) is 4.47. The van der Waals surface area contributed by atoms with Crippen LogP contribution in [-0.2, 0) is 6.54 Å². The van der Waals surface area contributed by atoms with Crippen molar-refractivity contribution in [1.29, 1.82) is 0 Å². The van der Waals surface area contributed by atoms with Crippen LogP contribution in [0.5, 0.6) is 0 Å². The molecule has 2 rings (SSSR count). The first kappa shape index (κ1) is 13.9. The van der Waals surface area contributed by atoms with Gasteiger partial charge in [0.25, 0.3) is 0 Å². The summed E-state index contributed by atoms with van der Waals surface area (Å²) >= 11 is 0. The van der Waals surface area contributed by atoms with Gasteiger partial charge in [-0.1, -0.05) is 13.0 Å². The topological polar surface area (TPSA) is 46.4 Å². The zero-order chi connectivity index (χ0) is 13.8. The van der Waals surface area contributed by atoms with Gasteiger partial charge in [-0.05, 0) is 43.4 Å². The minimum absolute atomic E-state index is 0.451. The Hall–Kier alpha value is -1.49. The van der Waals surface area contributed by atoms with Gasteiger partial charge in [0, 0.05) is 19.2 Å². The zero-order valence-corrected chi connectivity index (χ0v) is 11.1. The molecule has 1 saturated carbocycles. The van der Waals surface area contributed by atoms with E-state index >= 15 is 0 Å². The summed E-state index contributed by atoms with van der Waals surface area (Å²) in [6.45, 7) is 4.82. The van der Waals surface area contributed by atoms with Crippen LogP contribution in [0.25, 0.3) is 0 Å². The second-order valence-electron chi connectivity index (χ2n) is 5.22. The number of rotatable bonds is 7. The third kappa shape index (κ3) is 3.99. The van der Waals surface area contributed by atoms with E-state index in [0.29, 0.717) is 6.54 Å². The molecule has 0 heterocycles. The van der Waals surface area contributed by atoms with Crippen LogP contribution in [0.1, 0.15) is 31.7 Å². The summed E-state index contributed by atoms with van der Waals surface area (Å²) < 4.78 is 13.6. The number of nitrogens with zero attached hydrogens (tertiary/aromatic N) is 2. The largest absolute Gasteiger partial charge is 0.304 e. The van der Waals surface area contributed by atoms with Crippen molar-refractivity contribution in [3.05, 3.63) is 39.7 Å². The molecule has 1 aromatic rings. The number of hydrogen-bond donors (Lipinski definition) is 0. The number of benzene rings is 1. The van der Waals surface area contributed by atoms with Gasteiger partial charge in [-0.2, -0.15) is 4.39 Å². The number of halogens is 1. The smallest absolute Gasteiger partial charge is 0.299 e. The number of nitro groups is 1. The van der Waals surface area contributed by atoms with Gasteiger partial charge in [-0.15, -0.1) is 0 Å². The Labute approximate surface area is 112 Å². The van der Waals surface area contributed by atoms with Crippen LogP contribution in [0, 0.1) is 21.8 Å². The fourth-order valence-corrected chi connectivity index (χ4v) is 2.27. The zero-order valence-electron chi connectivity index (χ0n) is 11.1. The van der Waals surface area contributed by atoms with E-state index in [2.05, 4.69) is 11.8 Å². The molecule has 0 radical (unpaired) electrons. The van der Waals surface area contributed by atoms with Gasteiger partial charge in [0.2, 0.25) is 5.82 Å². The molecule has 1 fully saturated rings. The Morgan fingerprint density at radius 3 is 2.74 bits per heavy atom. The lowest BCUT2D eigenvalue weighted by Gasteiger charge is -2.21. The molecule has 1 aromatic carbocycles. The van der Waals surface area contributed by atoms with Gasteiger partial charge in [-0.25, -0.2) is 0 Å². The number of hydrogen-bond acceptors (Lipinski definition) is 3. The molecule has 0 spiro atoms. The minimum atomic E-state index is -0.745. The van der Waals surface area contributed by atoms with Crippen molar-refractivity contribution < 1.29 is 9.31 Å². The van der Waals surface area contributed by atoms with Crippen molar-refractivity contribution >= 4 is 5.69 Å². The van der Waals surface area contributed by atoms with Gasteiger partial charge in [0.1, 0.15) is 0 Å². The predicted octanol–water partition coefficient (Wildman–Crippen LogP) is 3.36. The molecule has 19 heavy (non-hydrogen) atoms. The van der Waals surface area contributed by atoms with E-state index < -0.39 is 16.4 Å². The van der Waals surface area contributed by atoms with E-state index in [1.54, 1.807) is 6.07 Å². The second-order valence-corrected chi connectivity index (χ2v) is 5.22. The maximum Gasteiger partial charge on any atom is 0.304 e. The monoisotopic (exact) mass is 266 g/mol. The molecule has 0 bridgehead atoms. The molecule has 0 unspecified atom stereocenters. The Morgan fingerprint density at radius 2 is 2.21 bits per heavy atom. The van der Waals surface area contributed by atoms with E-state index in [4.69, 9.17) is 0 Å². The van der Waals surface area contributed by atoms with Crippen molar-refractivity contribution in [1.82, 2.24) is 4.90 Å². The molecule has 4 nitrogen and oxygen atoms in total. The Balaban J connectivity index is 2.03. The Morgan fingerprint density at radius 1 is 1.47 bits per heavy atom. The predicted molar refractivity (Wildman–Crippen MR) is 71.3 cm³/mol. The van der Waals surface area contributed by atoms with Gasteiger partial charge in [-0.3, -0.25) is 15.0 Å².